The lowest BCUT2D eigenvalue weighted by molar-refractivity contribution is -0.143. The molecule has 1 aromatic rings. The predicted octanol–water partition coefficient (Wildman–Crippen LogP) is 2.13. The Morgan fingerprint density at radius 1 is 1.22 bits per heavy atom. The van der Waals surface area contributed by atoms with Gasteiger partial charge in [-0.25, -0.2) is 9.59 Å². The van der Waals surface area contributed by atoms with E-state index >= 15 is 0 Å². The standard InChI is InChI=1S/C17H19NO5/c1-10(11-8-6-5-7-9-11)18-13(15(21)23-4)12(14(19)20)17(2,3)16(18)22/h5-10H,1-4H3,(H,19,20). The fourth-order valence-electron chi connectivity index (χ4n) is 2.84. The van der Waals surface area contributed by atoms with Gasteiger partial charge in [-0.3, -0.25) is 9.69 Å². The number of hydrogen-bond donors (Lipinski definition) is 1. The first-order valence-corrected chi connectivity index (χ1v) is 7.18. The maximum atomic E-state index is 12.8. The third-order valence-corrected chi connectivity index (χ3v) is 4.12. The first kappa shape index (κ1) is 16.7. The monoisotopic (exact) mass is 317 g/mol. The summed E-state index contributed by atoms with van der Waals surface area (Å²) in [4.78, 5) is 37.9. The van der Waals surface area contributed by atoms with E-state index in [-0.39, 0.29) is 11.3 Å². The number of aliphatic carboxylic acids is 1. The normalized spacial score (nSPS) is 18.1. The van der Waals surface area contributed by atoms with Crippen molar-refractivity contribution >= 4 is 17.8 Å². The molecule has 1 aliphatic heterocycles. The van der Waals surface area contributed by atoms with Gasteiger partial charge in [0.15, 0.2) is 0 Å². The van der Waals surface area contributed by atoms with E-state index in [0.29, 0.717) is 0 Å². The molecule has 0 spiro atoms. The van der Waals surface area contributed by atoms with E-state index in [1.165, 1.54) is 18.7 Å². The van der Waals surface area contributed by atoms with Gasteiger partial charge < -0.3 is 9.84 Å². The Bertz CT molecular complexity index is 690. The number of carboxylic acids is 1. The van der Waals surface area contributed by atoms with Crippen molar-refractivity contribution < 1.29 is 24.2 Å². The lowest BCUT2D eigenvalue weighted by Gasteiger charge is -2.28. The van der Waals surface area contributed by atoms with E-state index in [4.69, 9.17) is 4.74 Å². The molecule has 1 unspecified atom stereocenters. The van der Waals surface area contributed by atoms with Crippen LogP contribution in [-0.2, 0) is 19.1 Å². The smallest absolute Gasteiger partial charge is 0.355 e. The van der Waals surface area contributed by atoms with E-state index in [1.54, 1.807) is 6.92 Å². The van der Waals surface area contributed by atoms with Gasteiger partial charge in [-0.2, -0.15) is 0 Å². The van der Waals surface area contributed by atoms with Gasteiger partial charge in [0.05, 0.1) is 24.1 Å². The Labute approximate surface area is 134 Å². The topological polar surface area (TPSA) is 83.9 Å². The highest BCUT2D eigenvalue weighted by Gasteiger charge is 2.53. The summed E-state index contributed by atoms with van der Waals surface area (Å²) < 4.78 is 4.72. The van der Waals surface area contributed by atoms with Crippen molar-refractivity contribution in [1.82, 2.24) is 4.90 Å². The van der Waals surface area contributed by atoms with Crippen LogP contribution in [0.2, 0.25) is 0 Å². The molecule has 1 aliphatic rings. The van der Waals surface area contributed by atoms with E-state index in [0.717, 1.165) is 12.7 Å². The number of carbonyl (C=O) groups excluding carboxylic acids is 2. The molecule has 1 atom stereocenters. The Balaban J connectivity index is 2.64. The van der Waals surface area contributed by atoms with E-state index in [1.807, 2.05) is 30.3 Å². The van der Waals surface area contributed by atoms with Gasteiger partial charge in [0, 0.05) is 0 Å². The van der Waals surface area contributed by atoms with Crippen LogP contribution in [0, 0.1) is 5.41 Å². The van der Waals surface area contributed by atoms with Gasteiger partial charge in [0.2, 0.25) is 5.91 Å². The van der Waals surface area contributed by atoms with Crippen molar-refractivity contribution in [3.05, 3.63) is 47.2 Å². The van der Waals surface area contributed by atoms with Gasteiger partial charge in [-0.1, -0.05) is 30.3 Å². The number of rotatable bonds is 4. The third kappa shape index (κ3) is 2.60. The predicted molar refractivity (Wildman–Crippen MR) is 82.2 cm³/mol. The molecule has 0 aromatic heterocycles. The van der Waals surface area contributed by atoms with Crippen LogP contribution in [0.1, 0.15) is 32.4 Å². The minimum atomic E-state index is -1.31. The highest BCUT2D eigenvalue weighted by Crippen LogP contribution is 2.44. The summed E-state index contributed by atoms with van der Waals surface area (Å²) in [5.41, 5.74) is -0.952. The van der Waals surface area contributed by atoms with Crippen molar-refractivity contribution in [2.45, 2.75) is 26.8 Å². The summed E-state index contributed by atoms with van der Waals surface area (Å²) in [7, 11) is 1.16. The minimum Gasteiger partial charge on any atom is -0.478 e. The van der Waals surface area contributed by atoms with Crippen LogP contribution in [-0.4, -0.2) is 35.0 Å². The first-order chi connectivity index (χ1) is 10.7. The van der Waals surface area contributed by atoms with Crippen LogP contribution in [0.3, 0.4) is 0 Å². The third-order valence-electron chi connectivity index (χ3n) is 4.12. The molecule has 2 rings (SSSR count). The Morgan fingerprint density at radius 2 is 1.78 bits per heavy atom. The van der Waals surface area contributed by atoms with Crippen molar-refractivity contribution in [1.29, 1.82) is 0 Å². The molecule has 6 heteroatoms. The number of ether oxygens (including phenoxy) is 1. The van der Waals surface area contributed by atoms with Crippen LogP contribution in [0.4, 0.5) is 0 Å². The molecule has 0 bridgehead atoms. The SMILES string of the molecule is COC(=O)C1=C(C(=O)O)C(C)(C)C(=O)N1C(C)c1ccccc1. The van der Waals surface area contributed by atoms with Crippen LogP contribution < -0.4 is 0 Å². The summed E-state index contributed by atoms with van der Waals surface area (Å²) in [5, 5.41) is 9.51. The number of nitrogens with zero attached hydrogens (tertiary/aromatic N) is 1. The molecule has 1 aromatic carbocycles. The molecule has 6 nitrogen and oxygen atoms in total. The van der Waals surface area contributed by atoms with Gasteiger partial charge in [-0.05, 0) is 26.3 Å². The summed E-state index contributed by atoms with van der Waals surface area (Å²) in [6.07, 6.45) is 0. The minimum absolute atomic E-state index is 0.202. The second-order valence-corrected chi connectivity index (χ2v) is 5.91. The molecule has 1 heterocycles. The van der Waals surface area contributed by atoms with Gasteiger partial charge >= 0.3 is 11.9 Å². The van der Waals surface area contributed by atoms with Crippen LogP contribution in [0.15, 0.2) is 41.6 Å². The average molecular weight is 317 g/mol. The fraction of sp³-hybridized carbons (Fsp3) is 0.353. The summed E-state index contributed by atoms with van der Waals surface area (Å²) in [5.74, 6) is -2.57. The quantitative estimate of drug-likeness (QED) is 0.860. The molecule has 23 heavy (non-hydrogen) atoms. The van der Waals surface area contributed by atoms with Gasteiger partial charge in [0.25, 0.3) is 0 Å². The Hall–Kier alpha value is -2.63. The average Bonchev–Trinajstić information content (AvgIpc) is 2.74. The molecule has 0 aliphatic carbocycles. The summed E-state index contributed by atoms with van der Waals surface area (Å²) >= 11 is 0. The lowest BCUT2D eigenvalue weighted by atomic mass is 9.85. The van der Waals surface area contributed by atoms with Gasteiger partial charge in [-0.15, -0.1) is 0 Å². The summed E-state index contributed by atoms with van der Waals surface area (Å²) in [6, 6.07) is 8.62. The maximum Gasteiger partial charge on any atom is 0.355 e. The first-order valence-electron chi connectivity index (χ1n) is 7.18. The number of carbonyl (C=O) groups is 3. The number of methoxy groups -OCH3 is 1. The second-order valence-electron chi connectivity index (χ2n) is 5.91. The van der Waals surface area contributed by atoms with Crippen LogP contribution in [0.5, 0.6) is 0 Å². The molecular weight excluding hydrogens is 298 g/mol. The van der Waals surface area contributed by atoms with Crippen molar-refractivity contribution in [3.63, 3.8) is 0 Å². The molecule has 0 saturated carbocycles. The number of carboxylic acid groups (broad SMARTS) is 1. The molecule has 0 saturated heterocycles. The van der Waals surface area contributed by atoms with Crippen molar-refractivity contribution in [2.75, 3.05) is 7.11 Å². The highest BCUT2D eigenvalue weighted by atomic mass is 16.5. The lowest BCUT2D eigenvalue weighted by Crippen LogP contribution is -2.37. The number of benzene rings is 1. The zero-order chi connectivity index (χ0) is 17.4. The van der Waals surface area contributed by atoms with Gasteiger partial charge in [0.1, 0.15) is 5.70 Å². The largest absolute Gasteiger partial charge is 0.478 e. The summed E-state index contributed by atoms with van der Waals surface area (Å²) in [6.45, 7) is 4.75. The zero-order valence-electron chi connectivity index (χ0n) is 13.5. The van der Waals surface area contributed by atoms with Crippen LogP contribution >= 0.6 is 0 Å². The molecule has 0 fully saturated rings. The van der Waals surface area contributed by atoms with E-state index < -0.39 is 29.3 Å². The number of amides is 1. The fourth-order valence-corrected chi connectivity index (χ4v) is 2.84. The Morgan fingerprint density at radius 3 is 2.26 bits per heavy atom. The highest BCUT2D eigenvalue weighted by molar-refractivity contribution is 6.11. The second kappa shape index (κ2) is 5.87. The molecular formula is C17H19NO5. The van der Waals surface area contributed by atoms with Crippen molar-refractivity contribution in [2.24, 2.45) is 5.41 Å². The molecule has 1 N–H and O–H groups in total. The maximum absolute atomic E-state index is 12.8. The molecule has 1 amide bonds. The molecule has 122 valence electrons. The van der Waals surface area contributed by atoms with Crippen molar-refractivity contribution in [3.8, 4) is 0 Å². The Kier molecular flexibility index (Phi) is 4.27. The van der Waals surface area contributed by atoms with E-state index in [2.05, 4.69) is 0 Å². The van der Waals surface area contributed by atoms with Crippen LogP contribution in [0.25, 0.3) is 0 Å². The van der Waals surface area contributed by atoms with E-state index in [9.17, 15) is 19.5 Å². The molecule has 0 radical (unpaired) electrons. The number of esters is 1. The number of hydrogen-bond acceptors (Lipinski definition) is 4. The zero-order valence-corrected chi connectivity index (χ0v) is 13.5.